The normalized spacial score (nSPS) is 11.5. The van der Waals surface area contributed by atoms with Gasteiger partial charge in [-0.15, -0.1) is 0 Å². The third kappa shape index (κ3) is 1.66. The van der Waals surface area contributed by atoms with Crippen molar-refractivity contribution in [2.45, 2.75) is 6.92 Å². The monoisotopic (exact) mass is 105 g/mol. The number of allylic oxidation sites excluding steroid dienone is 3. The Labute approximate surface area is 50.7 Å². The molecule has 0 heterocycles. The van der Waals surface area contributed by atoms with E-state index < -0.39 is 0 Å². The highest BCUT2D eigenvalue weighted by Crippen LogP contribution is 1.96. The van der Waals surface area contributed by atoms with Crippen LogP contribution in [-0.2, 0) is 0 Å². The highest BCUT2D eigenvalue weighted by atomic mass is 14.2. The molecule has 0 radical (unpaired) electrons. The minimum atomic E-state index is 0.736. The van der Waals surface area contributed by atoms with Crippen LogP contribution >= 0.6 is 0 Å². The Bertz CT molecular complexity index is 162. The molecule has 0 N–H and O–H groups in total. The minimum absolute atomic E-state index is 0.736. The zero-order valence-electron chi connectivity index (χ0n) is 5.23. The molecule has 1 nitrogen and oxygen atoms in total. The minimum Gasteiger partial charge on any atom is -0.193 e. The lowest BCUT2D eigenvalue weighted by Crippen LogP contribution is -1.78. The van der Waals surface area contributed by atoms with Gasteiger partial charge in [0.1, 0.15) is 7.85 Å². The lowest BCUT2D eigenvalue weighted by atomic mass is 9.92. The molecule has 8 heavy (non-hydrogen) atoms. The fraction of sp³-hybridized carbons (Fsp3) is 0.167. The van der Waals surface area contributed by atoms with Gasteiger partial charge < -0.3 is 0 Å². The summed E-state index contributed by atoms with van der Waals surface area (Å²) in [7, 11) is 1.87. The second-order valence-corrected chi connectivity index (χ2v) is 1.62. The molecule has 0 rings (SSSR count). The van der Waals surface area contributed by atoms with Crippen LogP contribution in [0.2, 0.25) is 0 Å². The molecule has 0 saturated heterocycles. The molecule has 0 spiro atoms. The molecule has 40 valence electrons. The molecule has 0 aromatic heterocycles. The van der Waals surface area contributed by atoms with Gasteiger partial charge in [-0.25, -0.2) is 0 Å². The molecule has 0 fully saturated rings. The largest absolute Gasteiger partial charge is 0.193 e. The van der Waals surface area contributed by atoms with E-state index in [2.05, 4.69) is 6.58 Å². The molecule has 0 unspecified atom stereocenters. The van der Waals surface area contributed by atoms with Crippen molar-refractivity contribution in [1.29, 1.82) is 5.26 Å². The van der Waals surface area contributed by atoms with Gasteiger partial charge in [-0.2, -0.15) is 5.26 Å². The lowest BCUT2D eigenvalue weighted by Gasteiger charge is -1.87. The van der Waals surface area contributed by atoms with Crippen LogP contribution in [0.15, 0.2) is 23.7 Å². The van der Waals surface area contributed by atoms with Crippen LogP contribution in [0, 0.1) is 11.3 Å². The average molecular weight is 105 g/mol. The van der Waals surface area contributed by atoms with E-state index in [1.807, 2.05) is 13.9 Å². The second-order valence-electron chi connectivity index (χ2n) is 1.62. The van der Waals surface area contributed by atoms with Gasteiger partial charge in [0.15, 0.2) is 0 Å². The molecule has 0 aromatic rings. The SMILES string of the molecule is B/C(C=C)=C(/C)C#N. The van der Waals surface area contributed by atoms with Crippen LogP contribution in [0.5, 0.6) is 0 Å². The van der Waals surface area contributed by atoms with E-state index in [0.29, 0.717) is 0 Å². The van der Waals surface area contributed by atoms with Crippen molar-refractivity contribution in [3.63, 3.8) is 0 Å². The number of hydrogen-bond donors (Lipinski definition) is 0. The Morgan fingerprint density at radius 3 is 2.50 bits per heavy atom. The molecule has 0 aliphatic heterocycles. The Kier molecular flexibility index (Phi) is 2.72. The predicted molar refractivity (Wildman–Crippen MR) is 37.1 cm³/mol. The fourth-order valence-corrected chi connectivity index (χ4v) is 0.241. The highest BCUT2D eigenvalue weighted by molar-refractivity contribution is 6.24. The van der Waals surface area contributed by atoms with Crippen LogP contribution in [0.25, 0.3) is 0 Å². The van der Waals surface area contributed by atoms with E-state index in [1.54, 1.807) is 13.0 Å². The van der Waals surface area contributed by atoms with E-state index in [-0.39, 0.29) is 0 Å². The molecule has 0 aromatic carbocycles. The Morgan fingerprint density at radius 1 is 1.88 bits per heavy atom. The molecule has 0 amide bonds. The van der Waals surface area contributed by atoms with Crippen LogP contribution in [-0.4, -0.2) is 7.85 Å². The van der Waals surface area contributed by atoms with Gasteiger partial charge in [0.05, 0.1) is 6.07 Å². The summed E-state index contributed by atoms with van der Waals surface area (Å²) in [5.41, 5.74) is 1.69. The fourth-order valence-electron chi connectivity index (χ4n) is 0.241. The van der Waals surface area contributed by atoms with E-state index in [0.717, 1.165) is 11.0 Å². The summed E-state index contributed by atoms with van der Waals surface area (Å²) in [5.74, 6) is 0. The summed E-state index contributed by atoms with van der Waals surface area (Å²) in [4.78, 5) is 0. The molecule has 0 saturated carbocycles. The maximum absolute atomic E-state index is 8.28. The van der Waals surface area contributed by atoms with Crippen molar-refractivity contribution in [1.82, 2.24) is 0 Å². The third-order valence-corrected chi connectivity index (χ3v) is 1.07. The number of nitriles is 1. The molecular weight excluding hydrogens is 96.9 g/mol. The number of rotatable bonds is 1. The van der Waals surface area contributed by atoms with Crippen molar-refractivity contribution in [3.05, 3.63) is 23.7 Å². The van der Waals surface area contributed by atoms with Crippen LogP contribution < -0.4 is 0 Å². The van der Waals surface area contributed by atoms with E-state index in [4.69, 9.17) is 5.26 Å². The van der Waals surface area contributed by atoms with Crippen molar-refractivity contribution in [2.24, 2.45) is 0 Å². The van der Waals surface area contributed by atoms with Gasteiger partial charge in [-0.1, -0.05) is 18.1 Å². The van der Waals surface area contributed by atoms with E-state index >= 15 is 0 Å². The van der Waals surface area contributed by atoms with Crippen LogP contribution in [0.4, 0.5) is 0 Å². The summed E-state index contributed by atoms with van der Waals surface area (Å²) >= 11 is 0. The third-order valence-electron chi connectivity index (χ3n) is 1.07. The first kappa shape index (κ1) is 7.03. The highest BCUT2D eigenvalue weighted by Gasteiger charge is 1.85. The molecule has 0 aliphatic rings. The maximum Gasteiger partial charge on any atom is 0.140 e. The van der Waals surface area contributed by atoms with Crippen molar-refractivity contribution >= 4 is 7.85 Å². The average Bonchev–Trinajstić information content (AvgIpc) is 1.84. The van der Waals surface area contributed by atoms with Gasteiger partial charge in [0, 0.05) is 5.57 Å². The first-order valence-electron chi connectivity index (χ1n) is 2.42. The first-order chi connectivity index (χ1) is 3.72. The first-order valence-corrected chi connectivity index (χ1v) is 2.42. The molecule has 0 atom stereocenters. The smallest absolute Gasteiger partial charge is 0.140 e. The van der Waals surface area contributed by atoms with E-state index in [9.17, 15) is 0 Å². The maximum atomic E-state index is 8.28. The Balaban J connectivity index is 4.33. The predicted octanol–water partition coefficient (Wildman–Crippen LogP) is 0.603. The second kappa shape index (κ2) is 3.09. The number of nitrogens with zero attached hydrogens (tertiary/aromatic N) is 1. The standard InChI is InChI=1S/C6H8BN/c1-3-6(7)5(2)4-8/h3H,1,7H2,2H3/b6-5-. The summed E-state index contributed by atoms with van der Waals surface area (Å²) in [6.07, 6.45) is 1.68. The Hall–Kier alpha value is -0.965. The van der Waals surface area contributed by atoms with Gasteiger partial charge >= 0.3 is 0 Å². The van der Waals surface area contributed by atoms with Crippen molar-refractivity contribution < 1.29 is 0 Å². The zero-order chi connectivity index (χ0) is 6.57. The topological polar surface area (TPSA) is 23.8 Å². The van der Waals surface area contributed by atoms with Gasteiger partial charge in [-0.05, 0) is 6.92 Å². The number of hydrogen-bond acceptors (Lipinski definition) is 1. The molecular formula is C6H8BN. The molecule has 0 aliphatic carbocycles. The van der Waals surface area contributed by atoms with Crippen LogP contribution in [0.1, 0.15) is 6.92 Å². The summed E-state index contributed by atoms with van der Waals surface area (Å²) in [5, 5.41) is 8.28. The molecule has 2 heteroatoms. The van der Waals surface area contributed by atoms with E-state index in [1.165, 1.54) is 0 Å². The molecule has 0 bridgehead atoms. The van der Waals surface area contributed by atoms with Crippen molar-refractivity contribution in [2.75, 3.05) is 0 Å². The summed E-state index contributed by atoms with van der Waals surface area (Å²) in [6.45, 7) is 5.30. The van der Waals surface area contributed by atoms with Gasteiger partial charge in [-0.3, -0.25) is 0 Å². The Morgan fingerprint density at radius 2 is 2.38 bits per heavy atom. The van der Waals surface area contributed by atoms with Gasteiger partial charge in [0.2, 0.25) is 0 Å². The summed E-state index contributed by atoms with van der Waals surface area (Å²) in [6, 6.07) is 2.02. The lowest BCUT2D eigenvalue weighted by molar-refractivity contribution is 1.43. The van der Waals surface area contributed by atoms with Crippen LogP contribution in [0.3, 0.4) is 0 Å². The zero-order valence-corrected chi connectivity index (χ0v) is 5.23. The van der Waals surface area contributed by atoms with Crippen molar-refractivity contribution in [3.8, 4) is 6.07 Å². The van der Waals surface area contributed by atoms with Gasteiger partial charge in [0.25, 0.3) is 0 Å². The quantitative estimate of drug-likeness (QED) is 0.272. The summed E-state index contributed by atoms with van der Waals surface area (Å²) < 4.78 is 0.